The van der Waals surface area contributed by atoms with Crippen molar-refractivity contribution in [3.8, 4) is 0 Å². The van der Waals surface area contributed by atoms with Crippen LogP contribution in [-0.2, 0) is 17.4 Å². The molecule has 0 aromatic rings. The molecule has 0 saturated carbocycles. The Balaban J connectivity index is -0.000000180. The summed E-state index contributed by atoms with van der Waals surface area (Å²) < 4.78 is 0. The van der Waals surface area contributed by atoms with E-state index in [1.54, 1.807) is 0 Å². The molecule has 1 radical (unpaired) electrons. The van der Waals surface area contributed by atoms with Gasteiger partial charge in [-0.25, -0.2) is 0 Å². The second kappa shape index (κ2) is 14.3. The molecule has 0 aromatic heterocycles. The third kappa shape index (κ3) is 8.38. The van der Waals surface area contributed by atoms with Gasteiger partial charge in [-0.3, -0.25) is 14.7 Å². The average molecular weight is 330 g/mol. The Labute approximate surface area is 129 Å². The van der Waals surface area contributed by atoms with Crippen LogP contribution in [0.5, 0.6) is 0 Å². The largest absolute Gasteiger partial charge is 3.00 e. The first-order chi connectivity index (χ1) is 5.80. The zero-order chi connectivity index (χ0) is 8.97. The topological polar surface area (TPSA) is 9.72 Å². The maximum Gasteiger partial charge on any atom is 3.00 e. The molecule has 1 fully saturated rings. The summed E-state index contributed by atoms with van der Waals surface area (Å²) in [4.78, 5) is 7.41. The van der Waals surface area contributed by atoms with Crippen LogP contribution in [0.15, 0.2) is 0 Å². The van der Waals surface area contributed by atoms with Crippen LogP contribution < -0.4 is 37.2 Å². The SMILES string of the molecule is CCN1CN(CC)CN(CC)C1.[Cl-].[Cl-].[Cl-].[Cr+3]. The van der Waals surface area contributed by atoms with Gasteiger partial charge < -0.3 is 37.2 Å². The molecule has 7 heteroatoms. The number of nitrogens with zero attached hydrogens (tertiary/aromatic N) is 3. The van der Waals surface area contributed by atoms with Crippen molar-refractivity contribution in [1.29, 1.82) is 0 Å². The van der Waals surface area contributed by atoms with E-state index in [1.807, 2.05) is 0 Å². The molecule has 99 valence electrons. The van der Waals surface area contributed by atoms with E-state index in [0.717, 1.165) is 39.6 Å². The standard InChI is InChI=1S/C9H21N3.3ClH.Cr/c1-4-10-7-11(5-2)9-12(6-3)8-10;;;;/h4-9H2,1-3H3;3*1H;/q;;;;+3/p-3. The molecule has 1 aliphatic heterocycles. The van der Waals surface area contributed by atoms with Gasteiger partial charge in [-0.05, 0) is 19.6 Å². The molecule has 3 nitrogen and oxygen atoms in total. The van der Waals surface area contributed by atoms with Gasteiger partial charge in [0, 0.05) is 0 Å². The van der Waals surface area contributed by atoms with E-state index in [-0.39, 0.29) is 54.6 Å². The fraction of sp³-hybridized carbons (Fsp3) is 1.00. The predicted molar refractivity (Wildman–Crippen MR) is 51.7 cm³/mol. The first-order valence-electron chi connectivity index (χ1n) is 4.97. The van der Waals surface area contributed by atoms with Gasteiger partial charge in [0.05, 0.1) is 20.0 Å². The molecule has 1 heterocycles. The summed E-state index contributed by atoms with van der Waals surface area (Å²) in [5.41, 5.74) is 0. The van der Waals surface area contributed by atoms with Crippen molar-refractivity contribution in [2.75, 3.05) is 39.6 Å². The van der Waals surface area contributed by atoms with E-state index in [2.05, 4.69) is 35.5 Å². The Hall–Kier alpha value is 1.28. The second-order valence-electron chi connectivity index (χ2n) is 3.39. The van der Waals surface area contributed by atoms with Crippen LogP contribution >= 0.6 is 0 Å². The number of hydrogen-bond donors (Lipinski definition) is 0. The molecule has 1 aliphatic rings. The Morgan fingerprint density at radius 3 is 0.938 bits per heavy atom. The van der Waals surface area contributed by atoms with Gasteiger partial charge in [-0.15, -0.1) is 0 Å². The minimum absolute atomic E-state index is 0. The van der Waals surface area contributed by atoms with Crippen molar-refractivity contribution in [1.82, 2.24) is 14.7 Å². The van der Waals surface area contributed by atoms with E-state index in [9.17, 15) is 0 Å². The van der Waals surface area contributed by atoms with Crippen molar-refractivity contribution >= 4 is 0 Å². The quantitative estimate of drug-likeness (QED) is 0.509. The molecule has 0 atom stereocenters. The number of hydrogen-bond acceptors (Lipinski definition) is 3. The third-order valence-corrected chi connectivity index (χ3v) is 2.54. The molecule has 1 rings (SSSR count). The van der Waals surface area contributed by atoms with Crippen LogP contribution in [0.4, 0.5) is 0 Å². The summed E-state index contributed by atoms with van der Waals surface area (Å²) in [7, 11) is 0. The van der Waals surface area contributed by atoms with Crippen molar-refractivity contribution in [3.05, 3.63) is 0 Å². The molecule has 0 spiro atoms. The molecule has 16 heavy (non-hydrogen) atoms. The van der Waals surface area contributed by atoms with Gasteiger partial charge in [0.1, 0.15) is 0 Å². The minimum atomic E-state index is 0. The zero-order valence-electron chi connectivity index (χ0n) is 10.1. The summed E-state index contributed by atoms with van der Waals surface area (Å²) in [5.74, 6) is 0. The molecule has 0 aromatic carbocycles. The summed E-state index contributed by atoms with van der Waals surface area (Å²) in [6.45, 7) is 13.6. The van der Waals surface area contributed by atoms with Crippen molar-refractivity contribution in [3.63, 3.8) is 0 Å². The predicted octanol–water partition coefficient (Wildman–Crippen LogP) is -8.15. The number of halogens is 3. The summed E-state index contributed by atoms with van der Waals surface area (Å²) >= 11 is 0. The summed E-state index contributed by atoms with van der Waals surface area (Å²) in [5, 5.41) is 0. The molecular formula is C9H21Cl3CrN3. The molecular weight excluding hydrogens is 308 g/mol. The molecule has 0 unspecified atom stereocenters. The fourth-order valence-electron chi connectivity index (χ4n) is 1.58. The maximum atomic E-state index is 2.47. The van der Waals surface area contributed by atoms with Crippen LogP contribution in [0.1, 0.15) is 20.8 Å². The van der Waals surface area contributed by atoms with E-state index in [1.165, 1.54) is 0 Å². The van der Waals surface area contributed by atoms with Crippen LogP contribution in [0.2, 0.25) is 0 Å². The number of rotatable bonds is 3. The molecule has 0 N–H and O–H groups in total. The van der Waals surface area contributed by atoms with Gasteiger partial charge in [-0.1, -0.05) is 20.8 Å². The molecule has 0 amide bonds. The van der Waals surface area contributed by atoms with E-state index in [0.29, 0.717) is 0 Å². The van der Waals surface area contributed by atoms with Crippen molar-refractivity contribution in [2.45, 2.75) is 20.8 Å². The first kappa shape index (κ1) is 26.0. The molecule has 1 saturated heterocycles. The zero-order valence-corrected chi connectivity index (χ0v) is 13.7. The van der Waals surface area contributed by atoms with Gasteiger partial charge >= 0.3 is 17.4 Å². The van der Waals surface area contributed by atoms with Crippen LogP contribution in [0.3, 0.4) is 0 Å². The van der Waals surface area contributed by atoms with Crippen LogP contribution in [-0.4, -0.2) is 54.3 Å². The monoisotopic (exact) mass is 328 g/mol. The Morgan fingerprint density at radius 2 is 0.812 bits per heavy atom. The Bertz CT molecular complexity index is 113. The minimum Gasteiger partial charge on any atom is -1.00 e. The van der Waals surface area contributed by atoms with E-state index >= 15 is 0 Å². The fourth-order valence-corrected chi connectivity index (χ4v) is 1.58. The van der Waals surface area contributed by atoms with Gasteiger partial charge in [0.15, 0.2) is 0 Å². The molecule has 0 bridgehead atoms. The summed E-state index contributed by atoms with van der Waals surface area (Å²) in [6.07, 6.45) is 0. The normalized spacial score (nSPS) is 17.4. The Kier molecular flexibility index (Phi) is 23.3. The summed E-state index contributed by atoms with van der Waals surface area (Å²) in [6, 6.07) is 0. The maximum absolute atomic E-state index is 2.47. The van der Waals surface area contributed by atoms with Gasteiger partial charge in [-0.2, -0.15) is 0 Å². The first-order valence-corrected chi connectivity index (χ1v) is 4.97. The van der Waals surface area contributed by atoms with Crippen LogP contribution in [0, 0.1) is 0 Å². The molecule has 0 aliphatic carbocycles. The second-order valence-corrected chi connectivity index (χ2v) is 3.39. The van der Waals surface area contributed by atoms with Crippen molar-refractivity contribution < 1.29 is 54.6 Å². The van der Waals surface area contributed by atoms with Crippen molar-refractivity contribution in [2.24, 2.45) is 0 Å². The average Bonchev–Trinajstić information content (AvgIpc) is 2.16. The third-order valence-electron chi connectivity index (χ3n) is 2.54. The van der Waals surface area contributed by atoms with Gasteiger partial charge in [0.25, 0.3) is 0 Å². The van der Waals surface area contributed by atoms with E-state index < -0.39 is 0 Å². The smallest absolute Gasteiger partial charge is 1.00 e. The van der Waals surface area contributed by atoms with Crippen LogP contribution in [0.25, 0.3) is 0 Å². The Morgan fingerprint density at radius 1 is 0.625 bits per heavy atom. The van der Waals surface area contributed by atoms with Gasteiger partial charge in [0.2, 0.25) is 0 Å². The van der Waals surface area contributed by atoms with E-state index in [4.69, 9.17) is 0 Å².